The minimum absolute atomic E-state index is 0.773. The van der Waals surface area contributed by atoms with Gasteiger partial charge >= 0.3 is 0 Å². The number of benzene rings is 1. The molecule has 0 aliphatic carbocycles. The first-order chi connectivity index (χ1) is 7.81. The van der Waals surface area contributed by atoms with Crippen molar-refractivity contribution in [1.29, 1.82) is 0 Å². The van der Waals surface area contributed by atoms with Crippen molar-refractivity contribution in [1.82, 2.24) is 0 Å². The second-order valence-electron chi connectivity index (χ2n) is 3.89. The molecule has 2 heteroatoms. The molecule has 1 aromatic carbocycles. The van der Waals surface area contributed by atoms with Crippen LogP contribution in [0, 0.1) is 0 Å². The Morgan fingerprint density at radius 3 is 2.50 bits per heavy atom. The zero-order valence-corrected chi connectivity index (χ0v) is 10.6. The highest BCUT2D eigenvalue weighted by molar-refractivity contribution is 5.42. The molecule has 0 aliphatic rings. The third kappa shape index (κ3) is 3.76. The van der Waals surface area contributed by atoms with Crippen LogP contribution in [-0.2, 0) is 6.42 Å². The Kier molecular flexibility index (Phi) is 5.76. The van der Waals surface area contributed by atoms with Crippen molar-refractivity contribution in [3.63, 3.8) is 0 Å². The summed E-state index contributed by atoms with van der Waals surface area (Å²) in [5.41, 5.74) is 1.28. The van der Waals surface area contributed by atoms with Crippen LogP contribution in [0.5, 0.6) is 11.5 Å². The molecule has 0 N–H and O–H groups in total. The van der Waals surface area contributed by atoms with Crippen LogP contribution in [-0.4, -0.2) is 13.7 Å². The number of hydrogen-bond acceptors (Lipinski definition) is 2. The zero-order chi connectivity index (χ0) is 11.8. The quantitative estimate of drug-likeness (QED) is 0.653. The summed E-state index contributed by atoms with van der Waals surface area (Å²) in [6, 6.07) is 6.15. The molecule has 1 aromatic rings. The first kappa shape index (κ1) is 12.9. The van der Waals surface area contributed by atoms with Gasteiger partial charge in [0, 0.05) is 0 Å². The molecule has 1 rings (SSSR count). The predicted octanol–water partition coefficient (Wildman–Crippen LogP) is 3.83. The summed E-state index contributed by atoms with van der Waals surface area (Å²) in [6.45, 7) is 5.10. The van der Waals surface area contributed by atoms with Crippen LogP contribution in [0.15, 0.2) is 18.2 Å². The average molecular weight is 222 g/mol. The summed E-state index contributed by atoms with van der Waals surface area (Å²) in [4.78, 5) is 0. The third-order valence-corrected chi connectivity index (χ3v) is 2.64. The summed E-state index contributed by atoms with van der Waals surface area (Å²) < 4.78 is 11.0. The third-order valence-electron chi connectivity index (χ3n) is 2.64. The molecular weight excluding hydrogens is 200 g/mol. The van der Waals surface area contributed by atoms with Gasteiger partial charge in [0.1, 0.15) is 0 Å². The van der Waals surface area contributed by atoms with Crippen molar-refractivity contribution in [2.45, 2.75) is 39.5 Å². The van der Waals surface area contributed by atoms with E-state index in [2.05, 4.69) is 26.0 Å². The molecule has 0 saturated carbocycles. The molecule has 0 bridgehead atoms. The van der Waals surface area contributed by atoms with E-state index in [9.17, 15) is 0 Å². The van der Waals surface area contributed by atoms with Gasteiger partial charge in [0.15, 0.2) is 11.5 Å². The Balaban J connectivity index is 2.57. The lowest BCUT2D eigenvalue weighted by Crippen LogP contribution is -1.99. The minimum Gasteiger partial charge on any atom is -0.493 e. The Bertz CT molecular complexity index is 308. The Labute approximate surface area is 98.6 Å². The predicted molar refractivity (Wildman–Crippen MR) is 67.4 cm³/mol. The van der Waals surface area contributed by atoms with E-state index in [1.54, 1.807) is 7.11 Å². The lowest BCUT2D eigenvalue weighted by molar-refractivity contribution is 0.286. The molecule has 0 aromatic heterocycles. The maximum atomic E-state index is 5.70. The van der Waals surface area contributed by atoms with E-state index in [-0.39, 0.29) is 0 Å². The highest BCUT2D eigenvalue weighted by atomic mass is 16.5. The van der Waals surface area contributed by atoms with Crippen molar-refractivity contribution in [2.24, 2.45) is 0 Å². The molecular formula is C14H22O2. The van der Waals surface area contributed by atoms with Crippen LogP contribution < -0.4 is 9.47 Å². The van der Waals surface area contributed by atoms with Gasteiger partial charge in [0.2, 0.25) is 0 Å². The van der Waals surface area contributed by atoms with Gasteiger partial charge in [-0.25, -0.2) is 0 Å². The lowest BCUT2D eigenvalue weighted by Gasteiger charge is -2.11. The second-order valence-corrected chi connectivity index (χ2v) is 3.89. The SMILES string of the molecule is CCCCCOc1ccc(CC)cc1OC. The summed E-state index contributed by atoms with van der Waals surface area (Å²) in [5, 5.41) is 0. The fraction of sp³-hybridized carbons (Fsp3) is 0.571. The van der Waals surface area contributed by atoms with E-state index in [0.717, 1.165) is 30.9 Å². The number of rotatable bonds is 7. The second kappa shape index (κ2) is 7.15. The molecule has 2 nitrogen and oxygen atoms in total. The van der Waals surface area contributed by atoms with Crippen LogP contribution in [0.3, 0.4) is 0 Å². The molecule has 16 heavy (non-hydrogen) atoms. The fourth-order valence-electron chi connectivity index (χ4n) is 1.59. The van der Waals surface area contributed by atoms with E-state index in [1.165, 1.54) is 18.4 Å². The van der Waals surface area contributed by atoms with Gasteiger partial charge in [-0.1, -0.05) is 32.8 Å². The van der Waals surface area contributed by atoms with Gasteiger partial charge in [-0.15, -0.1) is 0 Å². The largest absolute Gasteiger partial charge is 0.493 e. The molecule has 0 unspecified atom stereocenters. The van der Waals surface area contributed by atoms with Gasteiger partial charge in [0.25, 0.3) is 0 Å². The standard InChI is InChI=1S/C14H22O2/c1-4-6-7-10-16-13-9-8-12(5-2)11-14(13)15-3/h8-9,11H,4-7,10H2,1-3H3. The van der Waals surface area contributed by atoms with Crippen molar-refractivity contribution in [3.05, 3.63) is 23.8 Å². The molecule has 0 heterocycles. The first-order valence-electron chi connectivity index (χ1n) is 6.11. The van der Waals surface area contributed by atoms with Crippen molar-refractivity contribution >= 4 is 0 Å². The Hall–Kier alpha value is -1.18. The topological polar surface area (TPSA) is 18.5 Å². The summed E-state index contributed by atoms with van der Waals surface area (Å²) in [6.07, 6.45) is 4.56. The van der Waals surface area contributed by atoms with Gasteiger partial charge < -0.3 is 9.47 Å². The van der Waals surface area contributed by atoms with Crippen LogP contribution in [0.25, 0.3) is 0 Å². The maximum Gasteiger partial charge on any atom is 0.161 e. The van der Waals surface area contributed by atoms with Gasteiger partial charge in [-0.05, 0) is 30.5 Å². The Morgan fingerprint density at radius 2 is 1.88 bits per heavy atom. The smallest absolute Gasteiger partial charge is 0.161 e. The molecule has 0 fully saturated rings. The average Bonchev–Trinajstić information content (AvgIpc) is 2.34. The van der Waals surface area contributed by atoms with E-state index in [0.29, 0.717) is 0 Å². The highest BCUT2D eigenvalue weighted by Gasteiger charge is 2.04. The van der Waals surface area contributed by atoms with Crippen molar-refractivity contribution in [2.75, 3.05) is 13.7 Å². The monoisotopic (exact) mass is 222 g/mol. The van der Waals surface area contributed by atoms with Crippen LogP contribution in [0.1, 0.15) is 38.7 Å². The fourth-order valence-corrected chi connectivity index (χ4v) is 1.59. The molecule has 0 atom stereocenters. The van der Waals surface area contributed by atoms with Crippen LogP contribution in [0.2, 0.25) is 0 Å². The van der Waals surface area contributed by atoms with Crippen LogP contribution >= 0.6 is 0 Å². The van der Waals surface area contributed by atoms with E-state index < -0.39 is 0 Å². The normalized spacial score (nSPS) is 10.2. The molecule has 0 amide bonds. The molecule has 0 spiro atoms. The molecule has 90 valence electrons. The summed E-state index contributed by atoms with van der Waals surface area (Å²) in [7, 11) is 1.69. The van der Waals surface area contributed by atoms with Crippen molar-refractivity contribution < 1.29 is 9.47 Å². The Morgan fingerprint density at radius 1 is 1.06 bits per heavy atom. The number of unbranched alkanes of at least 4 members (excludes halogenated alkanes) is 2. The van der Waals surface area contributed by atoms with Crippen LogP contribution in [0.4, 0.5) is 0 Å². The van der Waals surface area contributed by atoms with E-state index in [4.69, 9.17) is 9.47 Å². The molecule has 0 radical (unpaired) electrons. The zero-order valence-electron chi connectivity index (χ0n) is 10.6. The van der Waals surface area contributed by atoms with Crippen molar-refractivity contribution in [3.8, 4) is 11.5 Å². The number of methoxy groups -OCH3 is 1. The lowest BCUT2D eigenvalue weighted by atomic mass is 10.1. The van der Waals surface area contributed by atoms with Gasteiger partial charge in [0.05, 0.1) is 13.7 Å². The van der Waals surface area contributed by atoms with E-state index in [1.807, 2.05) is 6.07 Å². The number of ether oxygens (including phenoxy) is 2. The first-order valence-corrected chi connectivity index (χ1v) is 6.11. The number of hydrogen-bond donors (Lipinski definition) is 0. The molecule has 0 saturated heterocycles. The van der Waals surface area contributed by atoms with E-state index >= 15 is 0 Å². The number of aryl methyl sites for hydroxylation is 1. The highest BCUT2D eigenvalue weighted by Crippen LogP contribution is 2.28. The summed E-state index contributed by atoms with van der Waals surface area (Å²) >= 11 is 0. The minimum atomic E-state index is 0.773. The van der Waals surface area contributed by atoms with Gasteiger partial charge in [-0.3, -0.25) is 0 Å². The summed E-state index contributed by atoms with van der Waals surface area (Å²) in [5.74, 6) is 1.70. The molecule has 0 aliphatic heterocycles. The maximum absolute atomic E-state index is 5.70. The van der Waals surface area contributed by atoms with Gasteiger partial charge in [-0.2, -0.15) is 0 Å².